The van der Waals surface area contributed by atoms with Gasteiger partial charge < -0.3 is 14.4 Å². The number of pyridine rings is 1. The average Bonchev–Trinajstić information content (AvgIpc) is 3.06. The summed E-state index contributed by atoms with van der Waals surface area (Å²) in [5, 5.41) is 13.3. The van der Waals surface area contributed by atoms with Gasteiger partial charge in [-0.1, -0.05) is 18.2 Å². The molecule has 2 aromatic heterocycles. The van der Waals surface area contributed by atoms with E-state index in [1.54, 1.807) is 30.5 Å². The molecule has 0 spiro atoms. The van der Waals surface area contributed by atoms with Gasteiger partial charge in [-0.3, -0.25) is 10.0 Å². The third-order valence-electron chi connectivity index (χ3n) is 4.08. The van der Waals surface area contributed by atoms with Gasteiger partial charge >= 0.3 is 5.91 Å². The summed E-state index contributed by atoms with van der Waals surface area (Å²) in [7, 11) is 1.53. The second-order valence-corrected chi connectivity index (χ2v) is 5.52. The SMILES string of the molecule is COc1ccc(C(=O)[NH+]([O-])c2cccnc2)c2c1oc1ccccc12. The van der Waals surface area contributed by atoms with Crippen molar-refractivity contribution in [1.82, 2.24) is 4.98 Å². The molecule has 2 heterocycles. The maximum Gasteiger partial charge on any atom is 0.350 e. The first-order chi connectivity index (χ1) is 12.2. The highest BCUT2D eigenvalue weighted by Gasteiger charge is 2.24. The summed E-state index contributed by atoms with van der Waals surface area (Å²) in [5.41, 5.74) is 1.62. The smallest absolute Gasteiger partial charge is 0.350 e. The zero-order valence-electron chi connectivity index (χ0n) is 13.4. The molecule has 0 bridgehead atoms. The van der Waals surface area contributed by atoms with Crippen LogP contribution in [0.2, 0.25) is 0 Å². The van der Waals surface area contributed by atoms with E-state index in [0.29, 0.717) is 22.3 Å². The third-order valence-corrected chi connectivity index (χ3v) is 4.08. The van der Waals surface area contributed by atoms with Crippen molar-refractivity contribution in [3.8, 4) is 5.75 Å². The quantitative estimate of drug-likeness (QED) is 0.583. The summed E-state index contributed by atoms with van der Waals surface area (Å²) in [6, 6.07) is 13.8. The van der Waals surface area contributed by atoms with E-state index < -0.39 is 11.0 Å². The van der Waals surface area contributed by atoms with Gasteiger partial charge in [-0.2, -0.15) is 0 Å². The first kappa shape index (κ1) is 15.3. The minimum absolute atomic E-state index is 0.254. The van der Waals surface area contributed by atoms with E-state index in [-0.39, 0.29) is 11.3 Å². The number of methoxy groups -OCH3 is 1. The predicted octanol–water partition coefficient (Wildman–Crippen LogP) is 2.84. The fourth-order valence-electron chi connectivity index (χ4n) is 2.90. The largest absolute Gasteiger partial charge is 0.621 e. The highest BCUT2D eigenvalue weighted by atomic mass is 16.5. The number of hydrogen-bond donors (Lipinski definition) is 1. The number of aromatic nitrogens is 1. The molecule has 6 nitrogen and oxygen atoms in total. The molecule has 2 aromatic carbocycles. The van der Waals surface area contributed by atoms with E-state index in [9.17, 15) is 10.0 Å². The van der Waals surface area contributed by atoms with Crippen LogP contribution >= 0.6 is 0 Å². The Bertz CT molecular complexity index is 1070. The van der Waals surface area contributed by atoms with Crippen molar-refractivity contribution in [2.45, 2.75) is 0 Å². The molecule has 1 atom stereocenters. The molecule has 0 saturated heterocycles. The molecule has 0 radical (unpaired) electrons. The average molecular weight is 334 g/mol. The number of furan rings is 1. The summed E-state index contributed by atoms with van der Waals surface area (Å²) in [4.78, 5) is 16.7. The van der Waals surface area contributed by atoms with Crippen LogP contribution in [-0.2, 0) is 0 Å². The highest BCUT2D eigenvalue weighted by molar-refractivity contribution is 6.16. The van der Waals surface area contributed by atoms with Gasteiger partial charge in [0.15, 0.2) is 17.0 Å². The van der Waals surface area contributed by atoms with Gasteiger partial charge in [0, 0.05) is 23.0 Å². The second-order valence-electron chi connectivity index (χ2n) is 5.52. The lowest BCUT2D eigenvalue weighted by atomic mass is 10.0. The molecular formula is C19H14N2O4. The van der Waals surface area contributed by atoms with Gasteiger partial charge in [0.25, 0.3) is 0 Å². The Morgan fingerprint density at radius 1 is 1.16 bits per heavy atom. The molecule has 25 heavy (non-hydrogen) atoms. The standard InChI is InChI=1S/C19H14N2O4/c1-24-16-9-8-14(19(22)21(23)12-5-4-10-20-11-12)17-13-6-2-3-7-15(13)25-18(16)17/h2-11,21H,1H3. The number of nitrogens with zero attached hydrogens (tertiary/aromatic N) is 1. The first-order valence-corrected chi connectivity index (χ1v) is 7.68. The normalized spacial score (nSPS) is 12.4. The summed E-state index contributed by atoms with van der Waals surface area (Å²) in [6.45, 7) is 0. The van der Waals surface area contributed by atoms with Crippen molar-refractivity contribution in [1.29, 1.82) is 0 Å². The van der Waals surface area contributed by atoms with Crippen LogP contribution in [0.5, 0.6) is 5.75 Å². The third kappa shape index (κ3) is 2.44. The van der Waals surface area contributed by atoms with Crippen molar-refractivity contribution in [2.75, 3.05) is 7.11 Å². The Kier molecular flexibility index (Phi) is 3.68. The van der Waals surface area contributed by atoms with Crippen molar-refractivity contribution in [3.05, 3.63) is 71.7 Å². The molecule has 0 aliphatic carbocycles. The molecule has 0 aliphatic heterocycles. The van der Waals surface area contributed by atoms with Crippen LogP contribution in [0.25, 0.3) is 21.9 Å². The zero-order chi connectivity index (χ0) is 17.4. The number of fused-ring (bicyclic) bond motifs is 3. The van der Waals surface area contributed by atoms with Crippen LogP contribution in [0.15, 0.2) is 65.3 Å². The highest BCUT2D eigenvalue weighted by Crippen LogP contribution is 2.36. The van der Waals surface area contributed by atoms with E-state index in [2.05, 4.69) is 4.98 Å². The molecule has 0 fully saturated rings. The van der Waals surface area contributed by atoms with Crippen LogP contribution in [0, 0.1) is 5.21 Å². The van der Waals surface area contributed by atoms with Gasteiger partial charge in [0.05, 0.1) is 18.9 Å². The lowest BCUT2D eigenvalue weighted by Gasteiger charge is -2.19. The number of benzene rings is 2. The van der Waals surface area contributed by atoms with Gasteiger partial charge in [-0.15, -0.1) is 0 Å². The van der Waals surface area contributed by atoms with Crippen LogP contribution in [-0.4, -0.2) is 18.0 Å². The van der Waals surface area contributed by atoms with Gasteiger partial charge in [-0.25, -0.2) is 4.79 Å². The maximum atomic E-state index is 12.8. The number of quaternary nitrogens is 1. The fraction of sp³-hybridized carbons (Fsp3) is 0.0526. The number of amides is 1. The molecule has 0 aliphatic rings. The maximum absolute atomic E-state index is 12.8. The van der Waals surface area contributed by atoms with E-state index >= 15 is 0 Å². The predicted molar refractivity (Wildman–Crippen MR) is 92.8 cm³/mol. The molecule has 4 aromatic rings. The molecule has 1 unspecified atom stereocenters. The molecule has 0 saturated carbocycles. The monoisotopic (exact) mass is 334 g/mol. The molecule has 6 heteroatoms. The Hall–Kier alpha value is -3.22. The fourth-order valence-corrected chi connectivity index (χ4v) is 2.90. The number of ether oxygens (including phenoxy) is 1. The first-order valence-electron chi connectivity index (χ1n) is 7.68. The Morgan fingerprint density at radius 2 is 2.00 bits per heavy atom. The Labute approximate surface area is 142 Å². The zero-order valence-corrected chi connectivity index (χ0v) is 13.4. The van der Waals surface area contributed by atoms with Gasteiger partial charge in [0.1, 0.15) is 5.58 Å². The van der Waals surface area contributed by atoms with Crippen LogP contribution < -0.4 is 9.80 Å². The minimum atomic E-state index is -0.607. The number of nitrogens with one attached hydrogen (secondary N) is 1. The van der Waals surface area contributed by atoms with Gasteiger partial charge in [-0.05, 0) is 24.3 Å². The topological polar surface area (TPSA) is 79.8 Å². The molecular weight excluding hydrogens is 320 g/mol. The van der Waals surface area contributed by atoms with E-state index in [4.69, 9.17) is 9.15 Å². The summed E-state index contributed by atoms with van der Waals surface area (Å²) in [5.74, 6) is -0.0937. The summed E-state index contributed by atoms with van der Waals surface area (Å²) in [6.07, 6.45) is 2.94. The molecule has 124 valence electrons. The van der Waals surface area contributed by atoms with E-state index in [1.807, 2.05) is 24.3 Å². The number of rotatable bonds is 3. The lowest BCUT2D eigenvalue weighted by molar-refractivity contribution is -0.679. The Balaban J connectivity index is 1.94. The van der Waals surface area contributed by atoms with Crippen LogP contribution in [0.1, 0.15) is 10.4 Å². The molecule has 4 rings (SSSR count). The number of hydroxylamine groups is 1. The van der Waals surface area contributed by atoms with Gasteiger partial charge in [0.2, 0.25) is 0 Å². The summed E-state index contributed by atoms with van der Waals surface area (Å²) >= 11 is 0. The lowest BCUT2D eigenvalue weighted by Crippen LogP contribution is -3.05. The van der Waals surface area contributed by atoms with Crippen LogP contribution in [0.4, 0.5) is 5.69 Å². The number of para-hydroxylation sites is 1. The minimum Gasteiger partial charge on any atom is -0.621 e. The number of carbonyl (C=O) groups is 1. The van der Waals surface area contributed by atoms with Crippen molar-refractivity contribution >= 4 is 33.5 Å². The van der Waals surface area contributed by atoms with Crippen molar-refractivity contribution < 1.29 is 19.0 Å². The second kappa shape index (κ2) is 6.01. The van der Waals surface area contributed by atoms with Crippen LogP contribution in [0.3, 0.4) is 0 Å². The molecule has 1 N–H and O–H groups in total. The van der Waals surface area contributed by atoms with E-state index in [1.165, 1.54) is 13.3 Å². The number of carbonyl (C=O) groups excluding carboxylic acids is 1. The summed E-state index contributed by atoms with van der Waals surface area (Å²) < 4.78 is 11.2. The molecule has 1 amide bonds. The number of hydrogen-bond acceptors (Lipinski definition) is 5. The van der Waals surface area contributed by atoms with Crippen molar-refractivity contribution in [3.63, 3.8) is 0 Å². The van der Waals surface area contributed by atoms with E-state index in [0.717, 1.165) is 5.39 Å². The Morgan fingerprint density at radius 3 is 2.76 bits per heavy atom. The van der Waals surface area contributed by atoms with Crippen molar-refractivity contribution in [2.24, 2.45) is 0 Å².